The summed E-state index contributed by atoms with van der Waals surface area (Å²) in [5, 5.41) is -0.281. The molecule has 0 spiro atoms. The third-order valence-corrected chi connectivity index (χ3v) is 3.01. The fourth-order valence-electron chi connectivity index (χ4n) is 1.93. The molecular weight excluding hydrogens is 230 g/mol. The molecule has 0 saturated carbocycles. The second-order valence-corrected chi connectivity index (χ2v) is 4.87. The minimum absolute atomic E-state index is 0.164. The van der Waals surface area contributed by atoms with E-state index in [1.54, 1.807) is 6.07 Å². The zero-order chi connectivity index (χ0) is 13.4. The summed E-state index contributed by atoms with van der Waals surface area (Å²) < 4.78 is 18.3. The normalized spacial score (nSPS) is 11.1. The first kappa shape index (κ1) is 14.7. The van der Waals surface area contributed by atoms with Crippen molar-refractivity contribution in [1.29, 1.82) is 0 Å². The summed E-state index contributed by atoms with van der Waals surface area (Å²) in [6.45, 7) is 4.94. The molecule has 0 fully saturated rings. The molecule has 1 aromatic rings. The lowest BCUT2D eigenvalue weighted by atomic mass is 9.49. The number of carbonyl (C=O) groups is 1. The molecule has 1 radical (unpaired) electrons. The van der Waals surface area contributed by atoms with E-state index in [1.807, 2.05) is 26.0 Å². The van der Waals surface area contributed by atoms with E-state index in [-0.39, 0.29) is 11.1 Å². The molecule has 0 amide bonds. The topological polar surface area (TPSA) is 26.3 Å². The number of unbranched alkanes of at least 4 members (excludes halogenated alkanes) is 1. The average Bonchev–Trinajstić information content (AvgIpc) is 2.34. The van der Waals surface area contributed by atoms with Crippen molar-refractivity contribution in [2.24, 2.45) is 0 Å². The zero-order valence-electron chi connectivity index (χ0n) is 11.0. The number of hydrogen-bond acceptors (Lipinski definition) is 2. The van der Waals surface area contributed by atoms with Gasteiger partial charge in [-0.1, -0.05) is 44.8 Å². The molecule has 0 saturated heterocycles. The Hall–Kier alpha value is -1.32. The highest BCUT2D eigenvalue weighted by molar-refractivity contribution is 6.39. The third-order valence-electron chi connectivity index (χ3n) is 3.01. The Morgan fingerprint density at radius 3 is 2.72 bits per heavy atom. The van der Waals surface area contributed by atoms with Crippen LogP contribution in [-0.4, -0.2) is 20.4 Å². The lowest BCUT2D eigenvalue weighted by Gasteiger charge is -2.25. The van der Waals surface area contributed by atoms with Crippen molar-refractivity contribution in [3.8, 4) is 0 Å². The number of halogens is 1. The molecule has 0 aliphatic carbocycles. The van der Waals surface area contributed by atoms with E-state index in [0.717, 1.165) is 19.2 Å². The summed E-state index contributed by atoms with van der Waals surface area (Å²) in [6, 6.07) is 6.86. The monoisotopic (exact) mass is 249 g/mol. The quantitative estimate of drug-likeness (QED) is 0.402. The van der Waals surface area contributed by atoms with Crippen LogP contribution in [-0.2, 0) is 14.8 Å². The molecule has 0 unspecified atom stereocenters. The van der Waals surface area contributed by atoms with Gasteiger partial charge in [0.05, 0.1) is 6.61 Å². The fourth-order valence-corrected chi connectivity index (χ4v) is 1.93. The van der Waals surface area contributed by atoms with E-state index >= 15 is 0 Å². The van der Waals surface area contributed by atoms with Crippen molar-refractivity contribution in [3.05, 3.63) is 35.6 Å². The van der Waals surface area contributed by atoms with E-state index in [9.17, 15) is 9.18 Å². The van der Waals surface area contributed by atoms with Crippen molar-refractivity contribution < 1.29 is 13.9 Å². The van der Waals surface area contributed by atoms with E-state index in [1.165, 1.54) is 6.07 Å². The van der Waals surface area contributed by atoms with Crippen LogP contribution in [0.3, 0.4) is 0 Å². The first-order valence-electron chi connectivity index (χ1n) is 6.22. The van der Waals surface area contributed by atoms with Gasteiger partial charge >= 0.3 is 0 Å². The van der Waals surface area contributed by atoms with E-state index in [4.69, 9.17) is 0 Å². The van der Waals surface area contributed by atoms with E-state index < -0.39 is 0 Å². The van der Waals surface area contributed by atoms with Crippen LogP contribution in [0.2, 0.25) is 6.32 Å². The number of carbonyl (C=O) groups excluding carboxylic acids is 1. The Kier molecular flexibility index (Phi) is 5.89. The standard InChI is InChI=1S/C14H19BFO2/c1-14(2,12-7-3-4-8-13(12)16)15-9-5-6-10-18-11-17/h3-4,7-8,11H,5-6,9-10H2,1-2H3. The van der Waals surface area contributed by atoms with Crippen LogP contribution in [0.4, 0.5) is 4.39 Å². The van der Waals surface area contributed by atoms with Crippen LogP contribution < -0.4 is 0 Å². The van der Waals surface area contributed by atoms with Gasteiger partial charge in [0.2, 0.25) is 0 Å². The van der Waals surface area contributed by atoms with Gasteiger partial charge in [-0.25, -0.2) is 4.39 Å². The molecule has 1 aromatic carbocycles. The molecule has 0 heterocycles. The number of ether oxygens (including phenoxy) is 1. The first-order chi connectivity index (χ1) is 8.58. The van der Waals surface area contributed by atoms with Crippen LogP contribution in [0.1, 0.15) is 32.3 Å². The molecule has 18 heavy (non-hydrogen) atoms. The van der Waals surface area contributed by atoms with Gasteiger partial charge in [0.15, 0.2) is 0 Å². The maximum absolute atomic E-state index is 13.7. The van der Waals surface area contributed by atoms with E-state index in [2.05, 4.69) is 12.0 Å². The fraction of sp³-hybridized carbons (Fsp3) is 0.500. The van der Waals surface area contributed by atoms with Crippen LogP contribution in [0.15, 0.2) is 24.3 Å². The van der Waals surface area contributed by atoms with Crippen molar-refractivity contribution >= 4 is 13.8 Å². The highest BCUT2D eigenvalue weighted by Gasteiger charge is 2.23. The van der Waals surface area contributed by atoms with Crippen LogP contribution >= 0.6 is 0 Å². The molecule has 0 aliphatic heterocycles. The van der Waals surface area contributed by atoms with Crippen molar-refractivity contribution in [2.45, 2.75) is 38.3 Å². The largest absolute Gasteiger partial charge is 0.468 e. The Bertz CT molecular complexity index is 380. The minimum Gasteiger partial charge on any atom is -0.468 e. The number of rotatable bonds is 8. The third kappa shape index (κ3) is 4.51. The molecular formula is C14H19BFO2. The Morgan fingerprint density at radius 1 is 1.33 bits per heavy atom. The lowest BCUT2D eigenvalue weighted by molar-refractivity contribution is -0.128. The molecule has 0 aromatic heterocycles. The van der Waals surface area contributed by atoms with Gasteiger partial charge in [0, 0.05) is 0 Å². The maximum Gasteiger partial charge on any atom is 0.293 e. The lowest BCUT2D eigenvalue weighted by Crippen LogP contribution is -2.26. The van der Waals surface area contributed by atoms with Gasteiger partial charge in [-0.05, 0) is 23.4 Å². The SMILES string of the molecule is CC(C)([B]CCCCOC=O)c1ccccc1F. The summed E-state index contributed by atoms with van der Waals surface area (Å²) in [4.78, 5) is 9.95. The predicted molar refractivity (Wildman–Crippen MR) is 71.2 cm³/mol. The smallest absolute Gasteiger partial charge is 0.293 e. The van der Waals surface area contributed by atoms with Gasteiger partial charge in [-0.15, -0.1) is 0 Å². The molecule has 4 heteroatoms. The zero-order valence-corrected chi connectivity index (χ0v) is 11.0. The second kappa shape index (κ2) is 7.19. The molecule has 1 rings (SSSR count). The van der Waals surface area contributed by atoms with Gasteiger partial charge in [0.1, 0.15) is 13.1 Å². The molecule has 0 N–H and O–H groups in total. The minimum atomic E-state index is -0.281. The van der Waals surface area contributed by atoms with Crippen molar-refractivity contribution in [3.63, 3.8) is 0 Å². The highest BCUT2D eigenvalue weighted by Crippen LogP contribution is 2.25. The van der Waals surface area contributed by atoms with Gasteiger partial charge < -0.3 is 4.74 Å². The molecule has 2 nitrogen and oxygen atoms in total. The van der Waals surface area contributed by atoms with Gasteiger partial charge in [-0.2, -0.15) is 0 Å². The van der Waals surface area contributed by atoms with Crippen LogP contribution in [0, 0.1) is 5.82 Å². The van der Waals surface area contributed by atoms with Crippen molar-refractivity contribution in [1.82, 2.24) is 0 Å². The summed E-state index contributed by atoms with van der Waals surface area (Å²) >= 11 is 0. The number of benzene rings is 1. The maximum atomic E-state index is 13.7. The Morgan fingerprint density at radius 2 is 2.06 bits per heavy atom. The summed E-state index contributed by atoms with van der Waals surface area (Å²) in [5.41, 5.74) is 0.717. The van der Waals surface area contributed by atoms with Gasteiger partial charge in [-0.3, -0.25) is 4.79 Å². The molecule has 97 valence electrons. The summed E-state index contributed by atoms with van der Waals surface area (Å²) in [6.07, 6.45) is 2.65. The Balaban J connectivity index is 2.40. The second-order valence-electron chi connectivity index (χ2n) is 4.87. The summed E-state index contributed by atoms with van der Waals surface area (Å²) in [7, 11) is 2.12. The van der Waals surface area contributed by atoms with E-state index in [0.29, 0.717) is 18.6 Å². The summed E-state index contributed by atoms with van der Waals surface area (Å²) in [5.74, 6) is -0.164. The highest BCUT2D eigenvalue weighted by atomic mass is 19.1. The molecule has 0 aliphatic rings. The van der Waals surface area contributed by atoms with Crippen LogP contribution in [0.5, 0.6) is 0 Å². The predicted octanol–water partition coefficient (Wildman–Crippen LogP) is 3.14. The molecule has 0 atom stereocenters. The Labute approximate surface area is 109 Å². The first-order valence-corrected chi connectivity index (χ1v) is 6.22. The number of hydrogen-bond donors (Lipinski definition) is 0. The molecule has 0 bridgehead atoms. The van der Waals surface area contributed by atoms with Gasteiger partial charge in [0.25, 0.3) is 6.47 Å². The van der Waals surface area contributed by atoms with Crippen LogP contribution in [0.25, 0.3) is 0 Å². The average molecular weight is 249 g/mol. The van der Waals surface area contributed by atoms with Crippen molar-refractivity contribution in [2.75, 3.05) is 6.61 Å².